The smallest absolute Gasteiger partial charge is 0.112 e. The molecule has 0 fully saturated rings. The third kappa shape index (κ3) is 4.40. The van der Waals surface area contributed by atoms with Crippen molar-refractivity contribution < 1.29 is 0 Å². The van der Waals surface area contributed by atoms with E-state index in [0.29, 0.717) is 0 Å². The summed E-state index contributed by atoms with van der Waals surface area (Å²) in [5.74, 6) is 1.06. The number of nitrogens with one attached hydrogen (secondary N) is 1. The lowest BCUT2D eigenvalue weighted by Crippen LogP contribution is -2.25. The molecule has 0 aliphatic carbocycles. The monoisotopic (exact) mass is 713 g/mol. The SMILES string of the molecule is C1=C(c2ccccc2)C=C(n2c3ccccc3c3c4c5ccccc5c5c6ccccc6n(-c6ccccc6)c5c4c4ccccc4c32)NC1c1ccccc1. The third-order valence-electron chi connectivity index (χ3n) is 11.9. The van der Waals surface area contributed by atoms with Crippen molar-refractivity contribution in [2.75, 3.05) is 0 Å². The molecule has 1 aliphatic heterocycles. The van der Waals surface area contributed by atoms with E-state index in [1.807, 2.05) is 0 Å². The molecule has 262 valence electrons. The van der Waals surface area contributed by atoms with E-state index in [-0.39, 0.29) is 6.04 Å². The molecule has 3 heteroatoms. The zero-order chi connectivity index (χ0) is 36.7. The molecule has 56 heavy (non-hydrogen) atoms. The first-order valence-corrected chi connectivity index (χ1v) is 19.4. The van der Waals surface area contributed by atoms with Crippen LogP contribution in [0.15, 0.2) is 200 Å². The van der Waals surface area contributed by atoms with Crippen LogP contribution in [0.3, 0.4) is 0 Å². The minimum Gasteiger partial charge on any atom is -0.361 e. The summed E-state index contributed by atoms with van der Waals surface area (Å²) in [6.07, 6.45) is 4.70. The number of dihydropyridines is 1. The second-order valence-corrected chi connectivity index (χ2v) is 14.9. The molecule has 9 aromatic carbocycles. The minimum absolute atomic E-state index is 0.0172. The standard InChI is InChI=1S/C53H35N3/c1-4-18-34(19-5-1)36-32-44(35-20-6-2-7-21-35)54-47(33-36)56-46-31-17-15-29-43(46)51-49-39-25-11-10-24-38(39)48-42-28-14-16-30-45(42)55(37-22-8-3-9-23-37)53(48)50(49)40-26-12-13-27-41(40)52(51)56/h1-33,44,54H. The lowest BCUT2D eigenvalue weighted by Gasteiger charge is -2.27. The van der Waals surface area contributed by atoms with Crippen molar-refractivity contribution >= 4 is 87.3 Å². The van der Waals surface area contributed by atoms with Crippen LogP contribution in [-0.2, 0) is 0 Å². The Labute approximate surface area is 323 Å². The van der Waals surface area contributed by atoms with E-state index in [1.165, 1.54) is 92.6 Å². The van der Waals surface area contributed by atoms with E-state index in [4.69, 9.17) is 0 Å². The molecule has 1 unspecified atom stereocenters. The van der Waals surface area contributed by atoms with Gasteiger partial charge in [0.05, 0.1) is 28.1 Å². The Morgan fingerprint density at radius 1 is 0.375 bits per heavy atom. The Morgan fingerprint density at radius 2 is 0.857 bits per heavy atom. The maximum Gasteiger partial charge on any atom is 0.112 e. The molecule has 12 rings (SSSR count). The number of nitrogens with zero attached hydrogens (tertiary/aromatic N) is 2. The number of allylic oxidation sites excluding steroid dienone is 2. The van der Waals surface area contributed by atoms with E-state index in [0.717, 1.165) is 11.5 Å². The van der Waals surface area contributed by atoms with Crippen molar-refractivity contribution in [3.05, 3.63) is 211 Å². The maximum absolute atomic E-state index is 4.03. The van der Waals surface area contributed by atoms with Crippen molar-refractivity contribution in [2.24, 2.45) is 0 Å². The van der Waals surface area contributed by atoms with Gasteiger partial charge >= 0.3 is 0 Å². The van der Waals surface area contributed by atoms with Gasteiger partial charge in [0, 0.05) is 43.4 Å². The molecule has 1 atom stereocenters. The second-order valence-electron chi connectivity index (χ2n) is 14.9. The Balaban J connectivity index is 1.30. The second kappa shape index (κ2) is 12.1. The van der Waals surface area contributed by atoms with E-state index >= 15 is 0 Å². The molecule has 0 radical (unpaired) electrons. The molecular formula is C53H35N3. The average molecular weight is 714 g/mol. The van der Waals surface area contributed by atoms with Crippen LogP contribution in [0.25, 0.3) is 93.0 Å². The predicted octanol–water partition coefficient (Wildman–Crippen LogP) is 13.6. The molecule has 0 spiro atoms. The van der Waals surface area contributed by atoms with Crippen molar-refractivity contribution in [2.45, 2.75) is 6.04 Å². The van der Waals surface area contributed by atoms with Crippen molar-refractivity contribution in [1.29, 1.82) is 0 Å². The molecule has 0 bridgehead atoms. The van der Waals surface area contributed by atoms with Crippen LogP contribution in [0.2, 0.25) is 0 Å². The highest BCUT2D eigenvalue weighted by Gasteiger charge is 2.27. The number of aromatic nitrogens is 2. The topological polar surface area (TPSA) is 21.9 Å². The fourth-order valence-corrected chi connectivity index (χ4v) is 9.59. The minimum atomic E-state index is -0.0172. The Bertz CT molecular complexity index is 3420. The number of fused-ring (bicyclic) bond motifs is 15. The summed E-state index contributed by atoms with van der Waals surface area (Å²) in [5.41, 5.74) is 9.62. The zero-order valence-electron chi connectivity index (χ0n) is 30.5. The van der Waals surface area contributed by atoms with E-state index in [1.54, 1.807) is 0 Å². The van der Waals surface area contributed by atoms with Gasteiger partial charge in [0.25, 0.3) is 0 Å². The largest absolute Gasteiger partial charge is 0.361 e. The highest BCUT2D eigenvalue weighted by Crippen LogP contribution is 2.50. The molecular weight excluding hydrogens is 679 g/mol. The first-order valence-electron chi connectivity index (χ1n) is 19.4. The number of para-hydroxylation sites is 3. The normalized spacial score (nSPS) is 14.6. The molecule has 11 aromatic rings. The summed E-state index contributed by atoms with van der Waals surface area (Å²) in [6, 6.07) is 68.5. The number of benzene rings is 9. The molecule has 0 saturated carbocycles. The average Bonchev–Trinajstić information content (AvgIpc) is 3.81. The Morgan fingerprint density at radius 3 is 1.54 bits per heavy atom. The van der Waals surface area contributed by atoms with Crippen LogP contribution < -0.4 is 5.32 Å². The van der Waals surface area contributed by atoms with Crippen LogP contribution in [0.4, 0.5) is 0 Å². The van der Waals surface area contributed by atoms with E-state index in [9.17, 15) is 0 Å². The Hall–Kier alpha value is -7.36. The van der Waals surface area contributed by atoms with Gasteiger partial charge < -0.3 is 9.88 Å². The first kappa shape index (κ1) is 31.0. The highest BCUT2D eigenvalue weighted by molar-refractivity contribution is 6.44. The zero-order valence-corrected chi connectivity index (χ0v) is 30.5. The molecule has 3 heterocycles. The van der Waals surface area contributed by atoms with Crippen molar-refractivity contribution in [1.82, 2.24) is 14.5 Å². The van der Waals surface area contributed by atoms with Crippen molar-refractivity contribution in [3.63, 3.8) is 0 Å². The van der Waals surface area contributed by atoms with Crippen LogP contribution in [0, 0.1) is 0 Å². The number of rotatable bonds is 4. The summed E-state index contributed by atoms with van der Waals surface area (Å²) in [7, 11) is 0. The Kier molecular flexibility index (Phi) is 6.69. The van der Waals surface area contributed by atoms with Gasteiger partial charge in [-0.15, -0.1) is 0 Å². The third-order valence-corrected chi connectivity index (χ3v) is 11.9. The van der Waals surface area contributed by atoms with Gasteiger partial charge in [-0.2, -0.15) is 0 Å². The van der Waals surface area contributed by atoms with Gasteiger partial charge in [0.2, 0.25) is 0 Å². The quantitative estimate of drug-likeness (QED) is 0.180. The van der Waals surface area contributed by atoms with Crippen LogP contribution in [-0.4, -0.2) is 9.13 Å². The van der Waals surface area contributed by atoms with Gasteiger partial charge in [-0.3, -0.25) is 4.57 Å². The van der Waals surface area contributed by atoms with Crippen LogP contribution >= 0.6 is 0 Å². The van der Waals surface area contributed by atoms with Gasteiger partial charge in [0.15, 0.2) is 0 Å². The summed E-state index contributed by atoms with van der Waals surface area (Å²) >= 11 is 0. The van der Waals surface area contributed by atoms with Gasteiger partial charge in [-0.1, -0.05) is 164 Å². The number of hydrogen-bond donors (Lipinski definition) is 1. The van der Waals surface area contributed by atoms with E-state index in [2.05, 4.69) is 215 Å². The fraction of sp³-hybridized carbons (Fsp3) is 0.0189. The number of hydrogen-bond acceptors (Lipinski definition) is 1. The fourth-order valence-electron chi connectivity index (χ4n) is 9.59. The summed E-state index contributed by atoms with van der Waals surface area (Å²) in [6.45, 7) is 0. The molecule has 0 amide bonds. The van der Waals surface area contributed by atoms with Crippen molar-refractivity contribution in [3.8, 4) is 5.69 Å². The lowest BCUT2D eigenvalue weighted by atomic mass is 9.90. The van der Waals surface area contributed by atoms with Gasteiger partial charge in [0.1, 0.15) is 5.82 Å². The van der Waals surface area contributed by atoms with Crippen LogP contribution in [0.5, 0.6) is 0 Å². The maximum atomic E-state index is 4.03. The summed E-state index contributed by atoms with van der Waals surface area (Å²) in [5, 5.41) is 16.7. The molecule has 1 N–H and O–H groups in total. The molecule has 2 aromatic heterocycles. The van der Waals surface area contributed by atoms with Gasteiger partial charge in [-0.25, -0.2) is 0 Å². The first-order chi connectivity index (χ1) is 27.8. The van der Waals surface area contributed by atoms with E-state index < -0.39 is 0 Å². The van der Waals surface area contributed by atoms with Gasteiger partial charge in [-0.05, 0) is 69.3 Å². The molecule has 1 aliphatic rings. The molecule has 0 saturated heterocycles. The molecule has 3 nitrogen and oxygen atoms in total. The lowest BCUT2D eigenvalue weighted by molar-refractivity contribution is 0.739. The predicted molar refractivity (Wildman–Crippen MR) is 237 cm³/mol. The summed E-state index contributed by atoms with van der Waals surface area (Å²) < 4.78 is 5.01. The summed E-state index contributed by atoms with van der Waals surface area (Å²) in [4.78, 5) is 0. The van der Waals surface area contributed by atoms with Crippen LogP contribution in [0.1, 0.15) is 17.2 Å². The highest BCUT2D eigenvalue weighted by atomic mass is 15.2.